The van der Waals surface area contributed by atoms with Crippen LogP contribution in [0.2, 0.25) is 0 Å². The fourth-order valence-corrected chi connectivity index (χ4v) is 6.05. The molecule has 1 saturated heterocycles. The fourth-order valence-electron chi connectivity index (χ4n) is 6.05. The molecule has 0 bridgehead atoms. The Hall–Kier alpha value is -1.61. The first kappa shape index (κ1) is 20.7. The molecule has 2 aliphatic rings. The first-order valence-electron chi connectivity index (χ1n) is 11.9. The average Bonchev–Trinajstić information content (AvgIpc) is 3.29. The predicted molar refractivity (Wildman–Crippen MR) is 121 cm³/mol. The van der Waals surface area contributed by atoms with Gasteiger partial charge in [0, 0.05) is 17.5 Å². The van der Waals surface area contributed by atoms with Gasteiger partial charge in [-0.15, -0.1) is 0 Å². The van der Waals surface area contributed by atoms with E-state index in [1.807, 2.05) is 0 Å². The van der Waals surface area contributed by atoms with Crippen molar-refractivity contribution in [1.82, 2.24) is 10.5 Å². The van der Waals surface area contributed by atoms with Crippen LogP contribution in [0.4, 0.5) is 0 Å². The molecular formula is C26H38N2O. The van der Waals surface area contributed by atoms with E-state index in [1.54, 1.807) is 11.1 Å². The van der Waals surface area contributed by atoms with Gasteiger partial charge in [0.2, 0.25) is 0 Å². The molecule has 2 heterocycles. The Kier molecular flexibility index (Phi) is 5.88. The molecule has 3 nitrogen and oxygen atoms in total. The highest BCUT2D eigenvalue weighted by Crippen LogP contribution is 2.52. The van der Waals surface area contributed by atoms with Crippen LogP contribution in [-0.4, -0.2) is 18.2 Å². The van der Waals surface area contributed by atoms with Gasteiger partial charge in [0.05, 0.1) is 0 Å². The normalized spacial score (nSPS) is 21.1. The van der Waals surface area contributed by atoms with Crippen LogP contribution in [0, 0.1) is 0 Å². The van der Waals surface area contributed by atoms with Crippen LogP contribution < -0.4 is 5.32 Å². The number of rotatable bonds is 6. The minimum Gasteiger partial charge on any atom is -0.360 e. The molecule has 4 rings (SSSR count). The molecule has 158 valence electrons. The van der Waals surface area contributed by atoms with Crippen molar-refractivity contribution in [3.05, 3.63) is 41.2 Å². The monoisotopic (exact) mass is 394 g/mol. The van der Waals surface area contributed by atoms with Gasteiger partial charge in [-0.25, -0.2) is 0 Å². The average molecular weight is 395 g/mol. The van der Waals surface area contributed by atoms with Crippen molar-refractivity contribution in [2.75, 3.05) is 13.1 Å². The van der Waals surface area contributed by atoms with Crippen molar-refractivity contribution in [3.63, 3.8) is 0 Å². The van der Waals surface area contributed by atoms with Crippen molar-refractivity contribution < 1.29 is 4.52 Å². The van der Waals surface area contributed by atoms with Crippen LogP contribution in [0.15, 0.2) is 28.8 Å². The molecule has 1 aliphatic heterocycles. The van der Waals surface area contributed by atoms with Crippen LogP contribution in [0.1, 0.15) is 102 Å². The summed E-state index contributed by atoms with van der Waals surface area (Å²) < 4.78 is 5.81. The molecule has 0 atom stereocenters. The second kappa shape index (κ2) is 8.26. The maximum Gasteiger partial charge on any atom is 0.140 e. The molecule has 0 saturated carbocycles. The van der Waals surface area contributed by atoms with E-state index >= 15 is 0 Å². The molecule has 1 aliphatic carbocycles. The Balaban J connectivity index is 1.75. The van der Waals surface area contributed by atoms with E-state index in [2.05, 4.69) is 62.4 Å². The molecule has 1 N–H and O–H groups in total. The van der Waals surface area contributed by atoms with E-state index in [-0.39, 0.29) is 0 Å². The van der Waals surface area contributed by atoms with Crippen molar-refractivity contribution >= 4 is 0 Å². The lowest BCUT2D eigenvalue weighted by Crippen LogP contribution is -2.39. The molecule has 1 aromatic carbocycles. The van der Waals surface area contributed by atoms with Crippen molar-refractivity contribution in [3.8, 4) is 11.3 Å². The largest absolute Gasteiger partial charge is 0.360 e. The van der Waals surface area contributed by atoms with Gasteiger partial charge in [0.1, 0.15) is 11.5 Å². The SMILES string of the molecule is CCC1(CC)CCC(CC)(CC)c2cc(-c3cc(C4CCNCC4)on3)ccc21. The molecule has 2 aromatic rings. The zero-order valence-electron chi connectivity index (χ0n) is 18.8. The maximum absolute atomic E-state index is 5.81. The Labute approximate surface area is 176 Å². The van der Waals surface area contributed by atoms with Crippen LogP contribution in [0.25, 0.3) is 11.3 Å². The van der Waals surface area contributed by atoms with Gasteiger partial charge >= 0.3 is 0 Å². The molecule has 29 heavy (non-hydrogen) atoms. The van der Waals surface area contributed by atoms with Crippen LogP contribution >= 0.6 is 0 Å². The summed E-state index contributed by atoms with van der Waals surface area (Å²) in [7, 11) is 0. The zero-order valence-corrected chi connectivity index (χ0v) is 18.8. The van der Waals surface area contributed by atoms with Gasteiger partial charge in [0.25, 0.3) is 0 Å². The summed E-state index contributed by atoms with van der Waals surface area (Å²) in [6.45, 7) is 11.6. The second-order valence-corrected chi connectivity index (χ2v) is 9.37. The quantitative estimate of drug-likeness (QED) is 0.591. The van der Waals surface area contributed by atoms with Gasteiger partial charge in [-0.05, 0) is 92.5 Å². The number of aromatic nitrogens is 1. The first-order chi connectivity index (χ1) is 14.1. The third-order valence-corrected chi connectivity index (χ3v) is 8.52. The number of fused-ring (bicyclic) bond motifs is 1. The number of hydrogen-bond acceptors (Lipinski definition) is 3. The topological polar surface area (TPSA) is 38.1 Å². The van der Waals surface area contributed by atoms with Crippen LogP contribution in [0.3, 0.4) is 0 Å². The lowest BCUT2D eigenvalue weighted by atomic mass is 9.57. The minimum absolute atomic E-state index is 0.306. The first-order valence-corrected chi connectivity index (χ1v) is 11.9. The Bertz CT molecular complexity index is 823. The predicted octanol–water partition coefficient (Wildman–Crippen LogP) is 6.72. The molecule has 0 spiro atoms. The summed E-state index contributed by atoms with van der Waals surface area (Å²) in [4.78, 5) is 0. The molecule has 1 aromatic heterocycles. The number of piperidine rings is 1. The molecule has 0 unspecified atom stereocenters. The van der Waals surface area contributed by atoms with Gasteiger partial charge in [-0.3, -0.25) is 0 Å². The Morgan fingerprint density at radius 1 is 0.897 bits per heavy atom. The summed E-state index contributed by atoms with van der Waals surface area (Å²) in [6, 6.07) is 9.39. The lowest BCUT2D eigenvalue weighted by Gasteiger charge is -2.48. The van der Waals surface area contributed by atoms with Crippen molar-refractivity contribution in [2.24, 2.45) is 0 Å². The van der Waals surface area contributed by atoms with E-state index in [9.17, 15) is 0 Å². The van der Waals surface area contributed by atoms with Gasteiger partial charge in [-0.1, -0.05) is 45.0 Å². The van der Waals surface area contributed by atoms with E-state index in [1.165, 1.54) is 44.1 Å². The third-order valence-electron chi connectivity index (χ3n) is 8.52. The number of hydrogen-bond donors (Lipinski definition) is 1. The van der Waals surface area contributed by atoms with Gasteiger partial charge in [0.15, 0.2) is 0 Å². The highest BCUT2D eigenvalue weighted by atomic mass is 16.5. The van der Waals surface area contributed by atoms with E-state index in [4.69, 9.17) is 4.52 Å². The third kappa shape index (κ3) is 3.46. The molecule has 3 heteroatoms. The van der Waals surface area contributed by atoms with Crippen molar-refractivity contribution in [1.29, 1.82) is 0 Å². The van der Waals surface area contributed by atoms with Crippen LogP contribution in [0.5, 0.6) is 0 Å². The number of benzene rings is 1. The summed E-state index contributed by atoms with van der Waals surface area (Å²) in [5.74, 6) is 1.57. The molecule has 0 amide bonds. The maximum atomic E-state index is 5.81. The Morgan fingerprint density at radius 2 is 1.52 bits per heavy atom. The van der Waals surface area contributed by atoms with Gasteiger partial charge < -0.3 is 9.84 Å². The highest BCUT2D eigenvalue weighted by Gasteiger charge is 2.43. The second-order valence-electron chi connectivity index (χ2n) is 9.37. The smallest absolute Gasteiger partial charge is 0.140 e. The molecule has 1 fully saturated rings. The van der Waals surface area contributed by atoms with E-state index < -0.39 is 0 Å². The Morgan fingerprint density at radius 3 is 2.14 bits per heavy atom. The van der Waals surface area contributed by atoms with Gasteiger partial charge in [-0.2, -0.15) is 0 Å². The van der Waals surface area contributed by atoms with Crippen molar-refractivity contribution in [2.45, 2.75) is 95.8 Å². The summed E-state index contributed by atoms with van der Waals surface area (Å²) in [5, 5.41) is 7.93. The standard InChI is InChI=1S/C26H38N2O/c1-5-25(6-2)13-14-26(7-3,8-4)22-17-20(9-10-21(22)25)23-18-24(29-28-23)19-11-15-27-16-12-19/h9-10,17-19,27H,5-8,11-16H2,1-4H3. The zero-order chi connectivity index (χ0) is 20.5. The molecule has 0 radical (unpaired) electrons. The van der Waals surface area contributed by atoms with Crippen LogP contribution in [-0.2, 0) is 10.8 Å². The summed E-state index contributed by atoms with van der Waals surface area (Å²) in [6.07, 6.45) is 9.78. The fraction of sp³-hybridized carbons (Fsp3) is 0.654. The van der Waals surface area contributed by atoms with E-state index in [0.29, 0.717) is 16.7 Å². The summed E-state index contributed by atoms with van der Waals surface area (Å²) in [5.41, 5.74) is 6.06. The minimum atomic E-state index is 0.306. The highest BCUT2D eigenvalue weighted by molar-refractivity contribution is 5.63. The number of nitrogens with zero attached hydrogens (tertiary/aromatic N) is 1. The summed E-state index contributed by atoms with van der Waals surface area (Å²) >= 11 is 0. The van der Waals surface area contributed by atoms with E-state index in [0.717, 1.165) is 37.4 Å². The number of nitrogens with one attached hydrogen (secondary N) is 1. The molecular weight excluding hydrogens is 356 g/mol. The lowest BCUT2D eigenvalue weighted by molar-refractivity contribution is 0.239.